The van der Waals surface area contributed by atoms with Crippen molar-refractivity contribution in [2.24, 2.45) is 0 Å². The van der Waals surface area contributed by atoms with E-state index in [0.29, 0.717) is 16.5 Å². The SMILES string of the molecule is COc1ccc(OC)c(S(=O)(=O)N[C@H]2CC[C@@H](Nc3ccnc4cc(Cl)ccc34)CC2)c1. The van der Waals surface area contributed by atoms with E-state index in [0.717, 1.165) is 42.3 Å². The summed E-state index contributed by atoms with van der Waals surface area (Å²) in [7, 11) is -0.787. The lowest BCUT2D eigenvalue weighted by molar-refractivity contribution is 0.381. The topological polar surface area (TPSA) is 89.5 Å². The summed E-state index contributed by atoms with van der Waals surface area (Å²) in [4.78, 5) is 4.47. The van der Waals surface area contributed by atoms with E-state index in [-0.39, 0.29) is 17.0 Å². The Balaban J connectivity index is 1.41. The lowest BCUT2D eigenvalue weighted by atomic mass is 9.91. The Kier molecular flexibility index (Phi) is 6.74. The number of hydrogen-bond acceptors (Lipinski definition) is 6. The number of benzene rings is 2. The molecule has 0 unspecified atom stereocenters. The number of hydrogen-bond donors (Lipinski definition) is 2. The minimum absolute atomic E-state index is 0.0847. The van der Waals surface area contributed by atoms with Gasteiger partial charge in [-0.2, -0.15) is 0 Å². The summed E-state index contributed by atoms with van der Waals surface area (Å²) in [6, 6.07) is 12.5. The van der Waals surface area contributed by atoms with Gasteiger partial charge in [-0.1, -0.05) is 11.6 Å². The van der Waals surface area contributed by atoms with Gasteiger partial charge in [0, 0.05) is 40.4 Å². The Labute approximate surface area is 193 Å². The quantitative estimate of drug-likeness (QED) is 0.518. The van der Waals surface area contributed by atoms with Crippen molar-refractivity contribution in [3.63, 3.8) is 0 Å². The molecule has 0 aliphatic heterocycles. The van der Waals surface area contributed by atoms with Gasteiger partial charge in [-0.15, -0.1) is 0 Å². The van der Waals surface area contributed by atoms with Crippen LogP contribution in [0.5, 0.6) is 11.5 Å². The van der Waals surface area contributed by atoms with Gasteiger partial charge < -0.3 is 14.8 Å². The number of aromatic nitrogens is 1. The van der Waals surface area contributed by atoms with E-state index < -0.39 is 10.0 Å². The van der Waals surface area contributed by atoms with Crippen LogP contribution in [0.4, 0.5) is 5.69 Å². The molecule has 7 nitrogen and oxygen atoms in total. The van der Waals surface area contributed by atoms with Crippen molar-refractivity contribution in [3.05, 3.63) is 53.7 Å². The fraction of sp³-hybridized carbons (Fsp3) is 0.348. The van der Waals surface area contributed by atoms with Gasteiger partial charge in [0.1, 0.15) is 16.4 Å². The van der Waals surface area contributed by atoms with E-state index in [4.69, 9.17) is 21.1 Å². The summed E-state index contributed by atoms with van der Waals surface area (Å²) >= 11 is 6.08. The number of pyridine rings is 1. The van der Waals surface area contributed by atoms with Gasteiger partial charge in [-0.05, 0) is 62.1 Å². The molecule has 0 amide bonds. The number of nitrogens with zero attached hydrogens (tertiary/aromatic N) is 1. The van der Waals surface area contributed by atoms with E-state index in [9.17, 15) is 8.42 Å². The lowest BCUT2D eigenvalue weighted by Gasteiger charge is -2.30. The third-order valence-corrected chi connectivity index (χ3v) is 7.55. The zero-order valence-corrected chi connectivity index (χ0v) is 19.5. The summed E-state index contributed by atoms with van der Waals surface area (Å²) < 4.78 is 39.3. The van der Waals surface area contributed by atoms with Gasteiger partial charge in [0.15, 0.2) is 0 Å². The van der Waals surface area contributed by atoms with Gasteiger partial charge in [0.05, 0.1) is 19.7 Å². The van der Waals surface area contributed by atoms with E-state index in [1.165, 1.54) is 20.3 Å². The van der Waals surface area contributed by atoms with Crippen molar-refractivity contribution in [2.75, 3.05) is 19.5 Å². The number of methoxy groups -OCH3 is 2. The molecule has 2 aromatic carbocycles. The average Bonchev–Trinajstić information content (AvgIpc) is 2.79. The van der Waals surface area contributed by atoms with Crippen LogP contribution in [0, 0.1) is 0 Å². The Morgan fingerprint density at radius 1 is 0.969 bits per heavy atom. The molecule has 0 atom stereocenters. The van der Waals surface area contributed by atoms with Crippen LogP contribution in [0.2, 0.25) is 5.02 Å². The second-order valence-electron chi connectivity index (χ2n) is 7.85. The Morgan fingerprint density at radius 3 is 2.44 bits per heavy atom. The van der Waals surface area contributed by atoms with Crippen LogP contribution in [-0.2, 0) is 10.0 Å². The van der Waals surface area contributed by atoms with Crippen LogP contribution in [0.1, 0.15) is 25.7 Å². The van der Waals surface area contributed by atoms with Crippen LogP contribution in [0.15, 0.2) is 53.6 Å². The number of halogens is 1. The molecule has 9 heteroatoms. The lowest BCUT2D eigenvalue weighted by Crippen LogP contribution is -2.40. The predicted molar refractivity (Wildman–Crippen MR) is 126 cm³/mol. The summed E-state index contributed by atoms with van der Waals surface area (Å²) in [5.74, 6) is 0.753. The largest absolute Gasteiger partial charge is 0.497 e. The molecule has 32 heavy (non-hydrogen) atoms. The van der Waals surface area contributed by atoms with Crippen molar-refractivity contribution in [3.8, 4) is 11.5 Å². The second-order valence-corrected chi connectivity index (χ2v) is 9.97. The Bertz CT molecular complexity index is 1210. The highest BCUT2D eigenvalue weighted by atomic mass is 35.5. The number of ether oxygens (including phenoxy) is 2. The molecular formula is C23H26ClN3O4S. The number of sulfonamides is 1. The van der Waals surface area contributed by atoms with Gasteiger partial charge in [0.25, 0.3) is 0 Å². The molecule has 0 saturated heterocycles. The van der Waals surface area contributed by atoms with Crippen molar-refractivity contribution in [2.45, 2.75) is 42.7 Å². The summed E-state index contributed by atoms with van der Waals surface area (Å²) in [6.07, 6.45) is 4.93. The first-order valence-corrected chi connectivity index (χ1v) is 12.3. The van der Waals surface area contributed by atoms with Gasteiger partial charge in [-0.3, -0.25) is 4.98 Å². The first-order chi connectivity index (χ1) is 15.4. The molecule has 0 bridgehead atoms. The summed E-state index contributed by atoms with van der Waals surface area (Å²) in [5, 5.41) is 5.27. The Morgan fingerprint density at radius 2 is 1.72 bits per heavy atom. The minimum Gasteiger partial charge on any atom is -0.497 e. The summed E-state index contributed by atoms with van der Waals surface area (Å²) in [5.41, 5.74) is 1.85. The molecule has 170 valence electrons. The van der Waals surface area contributed by atoms with Gasteiger partial charge in [-0.25, -0.2) is 13.1 Å². The minimum atomic E-state index is -3.74. The monoisotopic (exact) mass is 475 g/mol. The molecule has 1 fully saturated rings. The van der Waals surface area contributed by atoms with Crippen molar-refractivity contribution in [1.82, 2.24) is 9.71 Å². The van der Waals surface area contributed by atoms with Gasteiger partial charge >= 0.3 is 0 Å². The highest BCUT2D eigenvalue weighted by molar-refractivity contribution is 7.89. The number of fused-ring (bicyclic) bond motifs is 1. The van der Waals surface area contributed by atoms with Crippen LogP contribution >= 0.6 is 11.6 Å². The third kappa shape index (κ3) is 4.92. The maximum Gasteiger partial charge on any atom is 0.244 e. The van der Waals surface area contributed by atoms with Crippen molar-refractivity contribution < 1.29 is 17.9 Å². The number of nitrogens with one attached hydrogen (secondary N) is 2. The molecule has 0 radical (unpaired) electrons. The molecule has 1 aliphatic carbocycles. The number of rotatable bonds is 7. The normalized spacial score (nSPS) is 19.0. The fourth-order valence-electron chi connectivity index (χ4n) is 4.10. The van der Waals surface area contributed by atoms with E-state index >= 15 is 0 Å². The molecule has 1 saturated carbocycles. The standard InChI is InChI=1S/C23H26ClN3O4S/c1-30-18-8-10-22(31-2)23(14-18)32(28,29)27-17-6-4-16(5-7-17)26-20-11-12-25-21-13-15(24)3-9-19(20)21/h3,8-14,16-17,27H,4-7H2,1-2H3,(H,25,26)/t16-,17+. The molecule has 1 aromatic heterocycles. The second kappa shape index (κ2) is 9.52. The van der Waals surface area contributed by atoms with E-state index in [1.54, 1.807) is 18.3 Å². The summed E-state index contributed by atoms with van der Waals surface area (Å²) in [6.45, 7) is 0. The Hall–Kier alpha value is -2.55. The molecule has 1 aliphatic rings. The molecule has 2 N–H and O–H groups in total. The van der Waals surface area contributed by atoms with Crippen molar-refractivity contribution >= 4 is 38.2 Å². The third-order valence-electron chi connectivity index (χ3n) is 5.77. The smallest absolute Gasteiger partial charge is 0.244 e. The van der Waals surface area contributed by atoms with Crippen LogP contribution < -0.4 is 19.5 Å². The van der Waals surface area contributed by atoms with Crippen LogP contribution in [0.3, 0.4) is 0 Å². The van der Waals surface area contributed by atoms with Crippen LogP contribution in [-0.4, -0.2) is 39.7 Å². The van der Waals surface area contributed by atoms with Crippen LogP contribution in [0.25, 0.3) is 10.9 Å². The predicted octanol–water partition coefficient (Wildman–Crippen LogP) is 4.61. The number of anilines is 1. The van der Waals surface area contributed by atoms with Crippen molar-refractivity contribution in [1.29, 1.82) is 0 Å². The molecule has 0 spiro atoms. The highest BCUT2D eigenvalue weighted by Gasteiger charge is 2.28. The average molecular weight is 476 g/mol. The van der Waals surface area contributed by atoms with E-state index in [1.807, 2.05) is 24.3 Å². The highest BCUT2D eigenvalue weighted by Crippen LogP contribution is 2.31. The fourth-order valence-corrected chi connectivity index (χ4v) is 5.75. The first kappa shape index (κ1) is 22.6. The zero-order valence-electron chi connectivity index (χ0n) is 18.0. The zero-order chi connectivity index (χ0) is 22.7. The molecule has 1 heterocycles. The van der Waals surface area contributed by atoms with E-state index in [2.05, 4.69) is 15.0 Å². The van der Waals surface area contributed by atoms with Gasteiger partial charge in [0.2, 0.25) is 10.0 Å². The molecule has 4 rings (SSSR count). The maximum absolute atomic E-state index is 13.0. The molecular weight excluding hydrogens is 450 g/mol. The molecule has 3 aromatic rings. The maximum atomic E-state index is 13.0. The first-order valence-electron chi connectivity index (χ1n) is 10.4.